The molecule has 0 aliphatic heterocycles. The zero-order chi connectivity index (χ0) is 21.0. The maximum Gasteiger partial charge on any atom is 0.261 e. The summed E-state index contributed by atoms with van der Waals surface area (Å²) >= 11 is 0. The van der Waals surface area contributed by atoms with E-state index in [1.54, 1.807) is 31.2 Å². The van der Waals surface area contributed by atoms with E-state index in [0.29, 0.717) is 11.3 Å². The lowest BCUT2D eigenvalue weighted by Gasteiger charge is -2.10. The first-order chi connectivity index (χ1) is 13.7. The number of rotatable bonds is 6. The molecule has 0 saturated heterocycles. The Balaban J connectivity index is 1.64. The zero-order valence-electron chi connectivity index (χ0n) is 15.4. The number of aryl methyl sites for hydroxylation is 1. The number of carbonyl (C=O) groups excluding carboxylic acids is 1. The van der Waals surface area contributed by atoms with Crippen LogP contribution in [0.15, 0.2) is 71.6 Å². The smallest absolute Gasteiger partial charge is 0.261 e. The average Bonchev–Trinajstić information content (AvgIpc) is 2.66. The maximum absolute atomic E-state index is 13.7. The van der Waals surface area contributed by atoms with E-state index in [4.69, 9.17) is 0 Å². The summed E-state index contributed by atoms with van der Waals surface area (Å²) in [4.78, 5) is 12.1. The summed E-state index contributed by atoms with van der Waals surface area (Å²) in [6.07, 6.45) is -0.00161. The second-order valence-electron chi connectivity index (χ2n) is 6.46. The number of amides is 1. The summed E-state index contributed by atoms with van der Waals surface area (Å²) < 4.78 is 53.7. The highest BCUT2D eigenvalue weighted by Crippen LogP contribution is 2.19. The third kappa shape index (κ3) is 5.39. The predicted molar refractivity (Wildman–Crippen MR) is 107 cm³/mol. The van der Waals surface area contributed by atoms with Gasteiger partial charge in [0, 0.05) is 5.69 Å². The standard InChI is InChI=1S/C21H18F2N2O3S/c1-14-2-11-19(23)20(12-14)24-21(26)13-15-3-7-17(8-4-15)25-29(27,28)18-9-5-16(22)6-10-18/h2-12,25H,13H2,1H3,(H,24,26). The molecule has 1 amide bonds. The molecule has 2 N–H and O–H groups in total. The highest BCUT2D eigenvalue weighted by molar-refractivity contribution is 7.92. The van der Waals surface area contributed by atoms with Crippen molar-refractivity contribution in [2.75, 3.05) is 10.0 Å². The van der Waals surface area contributed by atoms with Gasteiger partial charge >= 0.3 is 0 Å². The third-order valence-corrected chi connectivity index (χ3v) is 5.49. The van der Waals surface area contributed by atoms with Gasteiger partial charge in [-0.3, -0.25) is 9.52 Å². The normalized spacial score (nSPS) is 11.1. The van der Waals surface area contributed by atoms with E-state index >= 15 is 0 Å². The molecule has 0 atom stereocenters. The Labute approximate surface area is 167 Å². The molecule has 0 bridgehead atoms. The molecule has 0 saturated carbocycles. The summed E-state index contributed by atoms with van der Waals surface area (Å²) in [6.45, 7) is 1.79. The lowest BCUT2D eigenvalue weighted by molar-refractivity contribution is -0.115. The molecule has 3 aromatic carbocycles. The number of sulfonamides is 1. The summed E-state index contributed by atoms with van der Waals surface area (Å²) in [5.74, 6) is -1.44. The molecule has 0 heterocycles. The first kappa shape index (κ1) is 20.5. The summed E-state index contributed by atoms with van der Waals surface area (Å²) in [5, 5.41) is 2.52. The highest BCUT2D eigenvalue weighted by Gasteiger charge is 2.14. The molecule has 3 aromatic rings. The Morgan fingerprint density at radius 2 is 1.59 bits per heavy atom. The minimum atomic E-state index is -3.85. The van der Waals surface area contributed by atoms with Gasteiger partial charge in [-0.1, -0.05) is 18.2 Å². The summed E-state index contributed by atoms with van der Waals surface area (Å²) in [7, 11) is -3.85. The molecule has 0 spiro atoms. The van der Waals surface area contributed by atoms with Crippen LogP contribution in [-0.2, 0) is 21.2 Å². The fourth-order valence-electron chi connectivity index (χ4n) is 2.63. The fraction of sp³-hybridized carbons (Fsp3) is 0.0952. The van der Waals surface area contributed by atoms with Gasteiger partial charge in [0.25, 0.3) is 10.0 Å². The van der Waals surface area contributed by atoms with Crippen molar-refractivity contribution in [1.29, 1.82) is 0 Å². The minimum absolute atomic E-state index is 0.00161. The number of anilines is 2. The van der Waals surface area contributed by atoms with Gasteiger partial charge in [-0.2, -0.15) is 0 Å². The van der Waals surface area contributed by atoms with Crippen LogP contribution in [0.1, 0.15) is 11.1 Å². The number of nitrogens with one attached hydrogen (secondary N) is 2. The van der Waals surface area contributed by atoms with Crippen LogP contribution < -0.4 is 10.0 Å². The van der Waals surface area contributed by atoms with Crippen molar-refractivity contribution >= 4 is 27.3 Å². The number of benzene rings is 3. The molecule has 8 heteroatoms. The summed E-state index contributed by atoms with van der Waals surface area (Å²) in [5.41, 5.74) is 1.85. The molecule has 0 fully saturated rings. The van der Waals surface area contributed by atoms with E-state index in [0.717, 1.165) is 17.7 Å². The summed E-state index contributed by atoms with van der Waals surface area (Å²) in [6, 6.07) is 15.1. The largest absolute Gasteiger partial charge is 0.323 e. The molecule has 3 rings (SSSR count). The fourth-order valence-corrected chi connectivity index (χ4v) is 3.69. The molecule has 0 unspecified atom stereocenters. The van der Waals surface area contributed by atoms with Gasteiger partial charge in [0.1, 0.15) is 11.6 Å². The van der Waals surface area contributed by atoms with Crippen molar-refractivity contribution in [2.45, 2.75) is 18.2 Å². The van der Waals surface area contributed by atoms with Crippen LogP contribution >= 0.6 is 0 Å². The van der Waals surface area contributed by atoms with E-state index in [1.807, 2.05) is 0 Å². The van der Waals surface area contributed by atoms with Gasteiger partial charge in [-0.25, -0.2) is 17.2 Å². The SMILES string of the molecule is Cc1ccc(F)c(NC(=O)Cc2ccc(NS(=O)(=O)c3ccc(F)cc3)cc2)c1. The molecule has 0 aliphatic rings. The van der Waals surface area contributed by atoms with Crippen LogP contribution in [0.2, 0.25) is 0 Å². The molecule has 29 heavy (non-hydrogen) atoms. The maximum atomic E-state index is 13.7. The van der Waals surface area contributed by atoms with Crippen LogP contribution in [-0.4, -0.2) is 14.3 Å². The van der Waals surface area contributed by atoms with Gasteiger partial charge in [0.2, 0.25) is 5.91 Å². The van der Waals surface area contributed by atoms with Gasteiger partial charge in [0.05, 0.1) is 17.0 Å². The Bertz CT molecular complexity index is 1130. The Morgan fingerprint density at radius 3 is 2.24 bits per heavy atom. The van der Waals surface area contributed by atoms with Gasteiger partial charge < -0.3 is 5.32 Å². The monoisotopic (exact) mass is 416 g/mol. The van der Waals surface area contributed by atoms with Crippen molar-refractivity contribution in [1.82, 2.24) is 0 Å². The Morgan fingerprint density at radius 1 is 0.931 bits per heavy atom. The second kappa shape index (κ2) is 8.40. The van der Waals surface area contributed by atoms with E-state index in [2.05, 4.69) is 10.0 Å². The number of halogens is 2. The van der Waals surface area contributed by atoms with Crippen LogP contribution in [0.3, 0.4) is 0 Å². The van der Waals surface area contributed by atoms with Crippen LogP contribution in [0.4, 0.5) is 20.2 Å². The average molecular weight is 416 g/mol. The zero-order valence-corrected chi connectivity index (χ0v) is 16.3. The van der Waals surface area contributed by atoms with Crippen molar-refractivity contribution < 1.29 is 22.0 Å². The van der Waals surface area contributed by atoms with Crippen molar-refractivity contribution in [3.63, 3.8) is 0 Å². The van der Waals surface area contributed by atoms with Crippen LogP contribution in [0, 0.1) is 18.6 Å². The quantitative estimate of drug-likeness (QED) is 0.631. The molecule has 0 radical (unpaired) electrons. The first-order valence-electron chi connectivity index (χ1n) is 8.66. The van der Waals surface area contributed by atoms with Gasteiger partial charge in [-0.05, 0) is 66.6 Å². The molecule has 0 aromatic heterocycles. The molecule has 5 nitrogen and oxygen atoms in total. The van der Waals surface area contributed by atoms with Crippen LogP contribution in [0.5, 0.6) is 0 Å². The molecule has 0 aliphatic carbocycles. The minimum Gasteiger partial charge on any atom is -0.323 e. The van der Waals surface area contributed by atoms with Crippen molar-refractivity contribution in [2.24, 2.45) is 0 Å². The highest BCUT2D eigenvalue weighted by atomic mass is 32.2. The molecular weight excluding hydrogens is 398 g/mol. The second-order valence-corrected chi connectivity index (χ2v) is 8.15. The van der Waals surface area contributed by atoms with E-state index in [-0.39, 0.29) is 17.0 Å². The van der Waals surface area contributed by atoms with Gasteiger partial charge in [-0.15, -0.1) is 0 Å². The first-order valence-corrected chi connectivity index (χ1v) is 10.1. The lowest BCUT2D eigenvalue weighted by Crippen LogP contribution is -2.16. The number of hydrogen-bond acceptors (Lipinski definition) is 3. The Hall–Kier alpha value is -3.26. The van der Waals surface area contributed by atoms with Crippen LogP contribution in [0.25, 0.3) is 0 Å². The Kier molecular flexibility index (Phi) is 5.93. The van der Waals surface area contributed by atoms with Crippen molar-refractivity contribution in [3.05, 3.63) is 89.5 Å². The topological polar surface area (TPSA) is 75.3 Å². The third-order valence-electron chi connectivity index (χ3n) is 4.09. The number of carbonyl (C=O) groups is 1. The van der Waals surface area contributed by atoms with Crippen molar-refractivity contribution in [3.8, 4) is 0 Å². The lowest BCUT2D eigenvalue weighted by atomic mass is 10.1. The van der Waals surface area contributed by atoms with E-state index in [9.17, 15) is 22.0 Å². The predicted octanol–water partition coefficient (Wildman–Crippen LogP) is 4.26. The van der Waals surface area contributed by atoms with E-state index in [1.165, 1.54) is 30.3 Å². The van der Waals surface area contributed by atoms with E-state index < -0.39 is 27.6 Å². The molecular formula is C21H18F2N2O3S. The van der Waals surface area contributed by atoms with Gasteiger partial charge in [0.15, 0.2) is 0 Å². The number of hydrogen-bond donors (Lipinski definition) is 2. The molecule has 150 valence electrons.